The minimum absolute atomic E-state index is 0.115. The lowest BCUT2D eigenvalue weighted by Gasteiger charge is -2.38. The molecular formula is C16H22N2O5S. The Morgan fingerprint density at radius 3 is 2.58 bits per heavy atom. The molecule has 2 N–H and O–H groups in total. The number of sulfonamides is 1. The normalized spacial score (nSPS) is 24.1. The van der Waals surface area contributed by atoms with Gasteiger partial charge in [0.15, 0.2) is 0 Å². The van der Waals surface area contributed by atoms with Gasteiger partial charge in [-0.15, -0.1) is 0 Å². The fourth-order valence-corrected chi connectivity index (χ4v) is 5.24. The highest BCUT2D eigenvalue weighted by molar-refractivity contribution is 7.89. The second-order valence-electron chi connectivity index (χ2n) is 6.53. The Balaban J connectivity index is 1.74. The van der Waals surface area contributed by atoms with E-state index in [1.165, 1.54) is 11.4 Å². The number of carbonyl (C=O) groups is 1. The van der Waals surface area contributed by atoms with Gasteiger partial charge in [-0.2, -0.15) is 4.31 Å². The van der Waals surface area contributed by atoms with Crippen molar-refractivity contribution in [2.75, 3.05) is 26.7 Å². The Kier molecular flexibility index (Phi) is 4.54. The SMILES string of the molecule is COc1ccccc1S(=O)(=O)N1CCC2(CC1)CN[C@H](C(=O)O)C2. The summed E-state index contributed by atoms with van der Waals surface area (Å²) in [5.74, 6) is -0.498. The molecule has 2 fully saturated rings. The summed E-state index contributed by atoms with van der Waals surface area (Å²) >= 11 is 0. The molecule has 2 aliphatic rings. The zero-order valence-electron chi connectivity index (χ0n) is 13.6. The Morgan fingerprint density at radius 1 is 1.33 bits per heavy atom. The number of para-hydroxylation sites is 1. The number of hydrogen-bond donors (Lipinski definition) is 2. The van der Waals surface area contributed by atoms with Crippen LogP contribution in [0.4, 0.5) is 0 Å². The van der Waals surface area contributed by atoms with Crippen molar-refractivity contribution in [1.82, 2.24) is 9.62 Å². The highest BCUT2D eigenvalue weighted by atomic mass is 32.2. The molecule has 1 atom stereocenters. The van der Waals surface area contributed by atoms with Gasteiger partial charge in [0, 0.05) is 19.6 Å². The molecule has 0 aliphatic carbocycles. The Bertz CT molecular complexity index is 726. The number of aliphatic carboxylic acids is 1. The minimum atomic E-state index is -3.61. The molecule has 2 aliphatic heterocycles. The number of piperidine rings is 1. The van der Waals surface area contributed by atoms with Gasteiger partial charge in [-0.25, -0.2) is 8.42 Å². The fourth-order valence-electron chi connectivity index (χ4n) is 3.64. The molecule has 0 aromatic heterocycles. The largest absolute Gasteiger partial charge is 0.495 e. The topological polar surface area (TPSA) is 95.9 Å². The van der Waals surface area contributed by atoms with Gasteiger partial charge in [0.25, 0.3) is 0 Å². The molecule has 7 nitrogen and oxygen atoms in total. The molecule has 2 heterocycles. The Labute approximate surface area is 141 Å². The van der Waals surface area contributed by atoms with Crippen molar-refractivity contribution in [1.29, 1.82) is 0 Å². The molecule has 24 heavy (non-hydrogen) atoms. The predicted octanol–water partition coefficient (Wildman–Crippen LogP) is 0.913. The maximum atomic E-state index is 12.9. The minimum Gasteiger partial charge on any atom is -0.495 e. The number of methoxy groups -OCH3 is 1. The first-order valence-electron chi connectivity index (χ1n) is 7.97. The van der Waals surface area contributed by atoms with E-state index in [0.717, 1.165) is 0 Å². The standard InChI is InChI=1S/C16H22N2O5S/c1-23-13-4-2-3-5-14(13)24(21,22)18-8-6-16(7-9-18)10-12(15(19)20)17-11-16/h2-5,12,17H,6-11H2,1H3,(H,19,20)/t12-/m0/s1. The van der Waals surface area contributed by atoms with E-state index in [-0.39, 0.29) is 10.3 Å². The maximum absolute atomic E-state index is 12.9. The lowest BCUT2D eigenvalue weighted by Crippen LogP contribution is -2.44. The quantitative estimate of drug-likeness (QED) is 0.834. The third-order valence-electron chi connectivity index (χ3n) is 5.13. The molecule has 1 aromatic rings. The van der Waals surface area contributed by atoms with Crippen molar-refractivity contribution in [3.05, 3.63) is 24.3 Å². The number of benzene rings is 1. The molecule has 0 bridgehead atoms. The van der Waals surface area contributed by atoms with Gasteiger partial charge in [-0.1, -0.05) is 12.1 Å². The van der Waals surface area contributed by atoms with Crippen LogP contribution >= 0.6 is 0 Å². The average Bonchev–Trinajstić information content (AvgIpc) is 2.99. The number of carboxylic acid groups (broad SMARTS) is 1. The van der Waals surface area contributed by atoms with E-state index in [2.05, 4.69) is 5.32 Å². The zero-order chi connectivity index (χ0) is 17.4. The molecule has 0 radical (unpaired) electrons. The second-order valence-corrected chi connectivity index (χ2v) is 8.44. The van der Waals surface area contributed by atoms with Crippen molar-refractivity contribution in [3.63, 3.8) is 0 Å². The van der Waals surface area contributed by atoms with Gasteiger partial charge < -0.3 is 15.2 Å². The molecule has 8 heteroatoms. The highest BCUT2D eigenvalue weighted by Gasteiger charge is 2.45. The van der Waals surface area contributed by atoms with Gasteiger partial charge in [-0.05, 0) is 36.8 Å². The first kappa shape index (κ1) is 17.2. The maximum Gasteiger partial charge on any atom is 0.320 e. The first-order valence-corrected chi connectivity index (χ1v) is 9.41. The summed E-state index contributed by atoms with van der Waals surface area (Å²) in [5, 5.41) is 12.2. The van der Waals surface area contributed by atoms with Crippen molar-refractivity contribution in [2.45, 2.75) is 30.2 Å². The van der Waals surface area contributed by atoms with Crippen molar-refractivity contribution >= 4 is 16.0 Å². The smallest absolute Gasteiger partial charge is 0.320 e. The Hall–Kier alpha value is -1.64. The van der Waals surface area contributed by atoms with Crippen LogP contribution in [-0.4, -0.2) is 56.6 Å². The van der Waals surface area contributed by atoms with Crippen LogP contribution in [0.1, 0.15) is 19.3 Å². The molecule has 3 rings (SSSR count). The summed E-state index contributed by atoms with van der Waals surface area (Å²) in [6.07, 6.45) is 1.89. The number of nitrogens with zero attached hydrogens (tertiary/aromatic N) is 1. The van der Waals surface area contributed by atoms with Crippen LogP contribution in [0.15, 0.2) is 29.2 Å². The summed E-state index contributed by atoms with van der Waals surface area (Å²) in [6.45, 7) is 1.43. The molecule has 2 saturated heterocycles. The lowest BCUT2D eigenvalue weighted by molar-refractivity contribution is -0.139. The molecule has 132 valence electrons. The van der Waals surface area contributed by atoms with Gasteiger partial charge >= 0.3 is 5.97 Å². The number of carboxylic acids is 1. The molecule has 1 spiro atoms. The van der Waals surface area contributed by atoms with Gasteiger partial charge in [0.05, 0.1) is 7.11 Å². The summed E-state index contributed by atoms with van der Waals surface area (Å²) in [6, 6.07) is 6.08. The molecular weight excluding hydrogens is 332 g/mol. The average molecular weight is 354 g/mol. The van der Waals surface area contributed by atoms with E-state index < -0.39 is 22.0 Å². The van der Waals surface area contributed by atoms with E-state index in [9.17, 15) is 13.2 Å². The van der Waals surface area contributed by atoms with E-state index in [4.69, 9.17) is 9.84 Å². The second kappa shape index (κ2) is 6.34. The van der Waals surface area contributed by atoms with Crippen molar-refractivity contribution < 1.29 is 23.1 Å². The van der Waals surface area contributed by atoms with Gasteiger partial charge in [-0.3, -0.25) is 4.79 Å². The van der Waals surface area contributed by atoms with Gasteiger partial charge in [0.1, 0.15) is 16.7 Å². The van der Waals surface area contributed by atoms with Crippen LogP contribution in [0, 0.1) is 5.41 Å². The van der Waals surface area contributed by atoms with Crippen molar-refractivity contribution in [2.24, 2.45) is 5.41 Å². The van der Waals surface area contributed by atoms with Gasteiger partial charge in [0.2, 0.25) is 10.0 Å². The van der Waals surface area contributed by atoms with E-state index in [0.29, 0.717) is 44.6 Å². The molecule has 1 aromatic carbocycles. The number of nitrogens with one attached hydrogen (secondary N) is 1. The summed E-state index contributed by atoms with van der Waals surface area (Å²) < 4.78 is 32.4. The monoisotopic (exact) mass is 354 g/mol. The predicted molar refractivity (Wildman–Crippen MR) is 87.5 cm³/mol. The lowest BCUT2D eigenvalue weighted by atomic mass is 9.77. The fraction of sp³-hybridized carbons (Fsp3) is 0.562. The number of ether oxygens (including phenoxy) is 1. The third kappa shape index (κ3) is 3.01. The van der Waals surface area contributed by atoms with Crippen LogP contribution in [0.2, 0.25) is 0 Å². The molecule has 0 amide bonds. The third-order valence-corrected chi connectivity index (χ3v) is 7.07. The first-order chi connectivity index (χ1) is 11.4. The summed E-state index contributed by atoms with van der Waals surface area (Å²) in [5.41, 5.74) is -0.115. The zero-order valence-corrected chi connectivity index (χ0v) is 14.4. The number of rotatable bonds is 4. The van der Waals surface area contributed by atoms with Crippen LogP contribution in [0.3, 0.4) is 0 Å². The Morgan fingerprint density at radius 2 is 2.00 bits per heavy atom. The van der Waals surface area contributed by atoms with Crippen LogP contribution in [-0.2, 0) is 14.8 Å². The number of hydrogen-bond acceptors (Lipinski definition) is 5. The molecule has 0 unspecified atom stereocenters. The highest BCUT2D eigenvalue weighted by Crippen LogP contribution is 2.41. The molecule has 0 saturated carbocycles. The van der Waals surface area contributed by atoms with E-state index in [1.807, 2.05) is 0 Å². The van der Waals surface area contributed by atoms with Crippen LogP contribution in [0.5, 0.6) is 5.75 Å². The summed E-state index contributed by atoms with van der Waals surface area (Å²) in [4.78, 5) is 11.3. The van der Waals surface area contributed by atoms with E-state index in [1.54, 1.807) is 24.3 Å². The summed E-state index contributed by atoms with van der Waals surface area (Å²) in [7, 11) is -2.16. The van der Waals surface area contributed by atoms with Crippen LogP contribution in [0.25, 0.3) is 0 Å². The van der Waals surface area contributed by atoms with Crippen LogP contribution < -0.4 is 10.1 Å². The van der Waals surface area contributed by atoms with E-state index >= 15 is 0 Å². The van der Waals surface area contributed by atoms with Crippen molar-refractivity contribution in [3.8, 4) is 5.75 Å².